The van der Waals surface area contributed by atoms with E-state index >= 15 is 0 Å². The highest BCUT2D eigenvalue weighted by Crippen LogP contribution is 1.99. The van der Waals surface area contributed by atoms with Gasteiger partial charge in [-0.05, 0) is 20.8 Å². The van der Waals surface area contributed by atoms with Crippen molar-refractivity contribution in [2.45, 2.75) is 26.8 Å². The Balaban J connectivity index is 4.35. The van der Waals surface area contributed by atoms with E-state index in [1.165, 1.54) is 4.90 Å². The highest BCUT2D eigenvalue weighted by molar-refractivity contribution is 6.32. The van der Waals surface area contributed by atoms with Gasteiger partial charge >= 0.3 is 11.9 Å². The van der Waals surface area contributed by atoms with Gasteiger partial charge in [0, 0.05) is 12.6 Å². The lowest BCUT2D eigenvalue weighted by molar-refractivity contribution is -0.161. The molecule has 0 aromatic carbocycles. The van der Waals surface area contributed by atoms with Crippen LogP contribution < -0.4 is 0 Å². The van der Waals surface area contributed by atoms with Crippen LogP contribution in [0, 0.1) is 0 Å². The van der Waals surface area contributed by atoms with Crippen molar-refractivity contribution in [1.29, 1.82) is 0 Å². The predicted molar refractivity (Wildman–Crippen MR) is 50.6 cm³/mol. The van der Waals surface area contributed by atoms with E-state index in [1.54, 1.807) is 20.8 Å². The molecular weight excluding hydrogens is 186 g/mol. The Hall–Kier alpha value is -1.10. The minimum absolute atomic E-state index is 0.126. The lowest BCUT2D eigenvalue weighted by Crippen LogP contribution is -2.43. The second-order valence-corrected chi connectivity index (χ2v) is 3.04. The van der Waals surface area contributed by atoms with Gasteiger partial charge in [-0.25, -0.2) is 4.79 Å². The second-order valence-electron chi connectivity index (χ2n) is 3.04. The van der Waals surface area contributed by atoms with Crippen molar-refractivity contribution < 1.29 is 19.4 Å². The van der Waals surface area contributed by atoms with E-state index in [-0.39, 0.29) is 25.8 Å². The van der Waals surface area contributed by atoms with Crippen molar-refractivity contribution in [3.05, 3.63) is 0 Å². The fourth-order valence-electron chi connectivity index (χ4n) is 1.01. The molecule has 14 heavy (non-hydrogen) atoms. The van der Waals surface area contributed by atoms with E-state index in [2.05, 4.69) is 4.74 Å². The van der Waals surface area contributed by atoms with Gasteiger partial charge in [-0.1, -0.05) is 0 Å². The number of esters is 1. The molecule has 5 heteroatoms. The first-order valence-corrected chi connectivity index (χ1v) is 4.63. The molecule has 82 valence electrons. The third kappa shape index (κ3) is 3.74. The maximum atomic E-state index is 11.4. The molecule has 0 radical (unpaired) electrons. The Morgan fingerprint density at radius 2 is 2.00 bits per heavy atom. The third-order valence-corrected chi connectivity index (χ3v) is 1.68. The number of nitrogens with zero attached hydrogens (tertiary/aromatic N) is 1. The maximum absolute atomic E-state index is 11.4. The minimum Gasteiger partial charge on any atom is -0.459 e. The van der Waals surface area contributed by atoms with Crippen molar-refractivity contribution >= 4 is 11.9 Å². The summed E-state index contributed by atoms with van der Waals surface area (Å²) >= 11 is 0. The van der Waals surface area contributed by atoms with Crippen LogP contribution >= 0.6 is 0 Å². The first-order valence-electron chi connectivity index (χ1n) is 4.63. The molecule has 0 aliphatic carbocycles. The largest absolute Gasteiger partial charge is 0.459 e. The number of hydrogen-bond acceptors (Lipinski definition) is 4. The monoisotopic (exact) mass is 203 g/mol. The SMILES string of the molecule is CCOC(=O)C(=O)N(CCO)C(C)C. The van der Waals surface area contributed by atoms with Crippen molar-refractivity contribution in [2.75, 3.05) is 19.8 Å². The summed E-state index contributed by atoms with van der Waals surface area (Å²) in [7, 11) is 0. The van der Waals surface area contributed by atoms with Crippen LogP contribution in [-0.2, 0) is 14.3 Å². The van der Waals surface area contributed by atoms with Crippen LogP contribution in [0.2, 0.25) is 0 Å². The van der Waals surface area contributed by atoms with E-state index in [0.29, 0.717) is 0 Å². The van der Waals surface area contributed by atoms with E-state index < -0.39 is 11.9 Å². The van der Waals surface area contributed by atoms with Crippen LogP contribution in [0.15, 0.2) is 0 Å². The predicted octanol–water partition coefficient (Wildman–Crippen LogP) is -0.221. The van der Waals surface area contributed by atoms with Crippen LogP contribution in [0.4, 0.5) is 0 Å². The Morgan fingerprint density at radius 1 is 1.43 bits per heavy atom. The zero-order valence-electron chi connectivity index (χ0n) is 8.82. The summed E-state index contributed by atoms with van der Waals surface area (Å²) in [6.07, 6.45) is 0. The van der Waals surface area contributed by atoms with E-state index in [1.807, 2.05) is 0 Å². The Morgan fingerprint density at radius 3 is 2.36 bits per heavy atom. The molecule has 0 saturated carbocycles. The van der Waals surface area contributed by atoms with Gasteiger partial charge in [0.2, 0.25) is 0 Å². The molecule has 0 spiro atoms. The summed E-state index contributed by atoms with van der Waals surface area (Å²) in [6, 6.07) is -0.126. The van der Waals surface area contributed by atoms with Crippen LogP contribution in [0.25, 0.3) is 0 Å². The number of carbonyl (C=O) groups excluding carboxylic acids is 2. The van der Waals surface area contributed by atoms with Crippen LogP contribution in [0.3, 0.4) is 0 Å². The molecule has 0 aromatic heterocycles. The molecule has 0 aliphatic rings. The zero-order chi connectivity index (χ0) is 11.1. The average molecular weight is 203 g/mol. The molecule has 0 saturated heterocycles. The number of aliphatic hydroxyl groups excluding tert-OH is 1. The first-order chi connectivity index (χ1) is 6.54. The molecule has 0 bridgehead atoms. The zero-order valence-corrected chi connectivity index (χ0v) is 8.82. The fourth-order valence-corrected chi connectivity index (χ4v) is 1.01. The van der Waals surface area contributed by atoms with Gasteiger partial charge in [-0.2, -0.15) is 0 Å². The molecule has 0 rings (SSSR count). The van der Waals surface area contributed by atoms with E-state index in [9.17, 15) is 9.59 Å². The lowest BCUT2D eigenvalue weighted by atomic mass is 10.3. The van der Waals surface area contributed by atoms with Gasteiger partial charge in [0.05, 0.1) is 13.2 Å². The lowest BCUT2D eigenvalue weighted by Gasteiger charge is -2.24. The number of aliphatic hydroxyl groups is 1. The Labute approximate surface area is 83.6 Å². The highest BCUT2D eigenvalue weighted by atomic mass is 16.5. The summed E-state index contributed by atoms with van der Waals surface area (Å²) < 4.78 is 4.57. The molecule has 1 N–H and O–H groups in total. The van der Waals surface area contributed by atoms with Crippen molar-refractivity contribution in [2.24, 2.45) is 0 Å². The van der Waals surface area contributed by atoms with Gasteiger partial charge in [0.1, 0.15) is 0 Å². The van der Waals surface area contributed by atoms with Gasteiger partial charge in [-0.15, -0.1) is 0 Å². The molecule has 0 fully saturated rings. The normalized spacial score (nSPS) is 10.1. The van der Waals surface area contributed by atoms with Gasteiger partial charge < -0.3 is 14.7 Å². The van der Waals surface area contributed by atoms with Crippen molar-refractivity contribution in [3.8, 4) is 0 Å². The van der Waals surface area contributed by atoms with Crippen molar-refractivity contribution in [1.82, 2.24) is 4.90 Å². The molecule has 0 atom stereocenters. The van der Waals surface area contributed by atoms with Gasteiger partial charge in [0.15, 0.2) is 0 Å². The minimum atomic E-state index is -0.866. The summed E-state index contributed by atoms with van der Waals surface area (Å²) in [5.41, 5.74) is 0. The van der Waals surface area contributed by atoms with E-state index in [4.69, 9.17) is 5.11 Å². The number of carbonyl (C=O) groups is 2. The van der Waals surface area contributed by atoms with Crippen molar-refractivity contribution in [3.63, 3.8) is 0 Å². The molecule has 0 heterocycles. The van der Waals surface area contributed by atoms with Crippen LogP contribution in [0.5, 0.6) is 0 Å². The number of rotatable bonds is 4. The second kappa shape index (κ2) is 6.37. The molecule has 1 amide bonds. The third-order valence-electron chi connectivity index (χ3n) is 1.68. The Bertz CT molecular complexity index is 203. The molecule has 5 nitrogen and oxygen atoms in total. The number of ether oxygens (including phenoxy) is 1. The topological polar surface area (TPSA) is 66.8 Å². The summed E-state index contributed by atoms with van der Waals surface area (Å²) in [5, 5.41) is 8.70. The molecular formula is C9H17NO4. The van der Waals surface area contributed by atoms with Crippen LogP contribution in [-0.4, -0.2) is 47.7 Å². The van der Waals surface area contributed by atoms with Crippen LogP contribution in [0.1, 0.15) is 20.8 Å². The smallest absolute Gasteiger partial charge is 0.397 e. The average Bonchev–Trinajstić information content (AvgIpc) is 2.13. The quantitative estimate of drug-likeness (QED) is 0.506. The standard InChI is InChI=1S/C9H17NO4/c1-4-14-9(13)8(12)10(5-6-11)7(2)3/h7,11H,4-6H2,1-3H3. The first kappa shape index (κ1) is 12.9. The van der Waals surface area contributed by atoms with Gasteiger partial charge in [0.25, 0.3) is 0 Å². The van der Waals surface area contributed by atoms with Gasteiger partial charge in [-0.3, -0.25) is 4.79 Å². The maximum Gasteiger partial charge on any atom is 0.397 e. The molecule has 0 aliphatic heterocycles. The number of amides is 1. The number of hydrogen-bond donors (Lipinski definition) is 1. The summed E-state index contributed by atoms with van der Waals surface area (Å²) in [4.78, 5) is 23.7. The molecule has 0 unspecified atom stereocenters. The fraction of sp³-hybridized carbons (Fsp3) is 0.778. The Kier molecular flexibility index (Phi) is 5.87. The van der Waals surface area contributed by atoms with E-state index in [0.717, 1.165) is 0 Å². The summed E-state index contributed by atoms with van der Waals surface area (Å²) in [6.45, 7) is 5.34. The molecule has 0 aromatic rings. The highest BCUT2D eigenvalue weighted by Gasteiger charge is 2.24. The summed E-state index contributed by atoms with van der Waals surface area (Å²) in [5.74, 6) is -1.56.